The van der Waals surface area contributed by atoms with E-state index in [1.165, 1.54) is 13.2 Å². The average Bonchev–Trinajstić information content (AvgIpc) is 2.64. The van der Waals surface area contributed by atoms with Gasteiger partial charge in [-0.1, -0.05) is 17.4 Å². The van der Waals surface area contributed by atoms with Gasteiger partial charge in [-0.25, -0.2) is 8.42 Å². The molecule has 1 amide bonds. The monoisotopic (exact) mass is 291 g/mol. The Kier molecular flexibility index (Phi) is 5.38. The lowest BCUT2D eigenvalue weighted by molar-refractivity contribution is -0.113. The van der Waals surface area contributed by atoms with Crippen LogP contribution in [0.15, 0.2) is 12.7 Å². The molecule has 0 aliphatic rings. The van der Waals surface area contributed by atoms with Crippen molar-refractivity contribution in [1.29, 1.82) is 0 Å². The van der Waals surface area contributed by atoms with Gasteiger partial charge in [0.2, 0.25) is 11.0 Å². The molecule has 0 atom stereocenters. The molecule has 9 heteroatoms. The van der Waals surface area contributed by atoms with Crippen molar-refractivity contribution in [2.75, 3.05) is 23.9 Å². The van der Waals surface area contributed by atoms with Crippen LogP contribution in [0.5, 0.6) is 0 Å². The van der Waals surface area contributed by atoms with Crippen LogP contribution in [0, 0.1) is 0 Å². The first-order valence-electron chi connectivity index (χ1n) is 4.89. The predicted molar refractivity (Wildman–Crippen MR) is 68.1 cm³/mol. The Hall–Kier alpha value is -1.32. The Morgan fingerprint density at radius 1 is 1.56 bits per heavy atom. The molecule has 0 aromatic carbocycles. The zero-order valence-electron chi connectivity index (χ0n) is 9.75. The largest absolute Gasteiger partial charge is 0.377 e. The van der Waals surface area contributed by atoms with Gasteiger partial charge in [0.1, 0.15) is 17.4 Å². The van der Waals surface area contributed by atoms with Gasteiger partial charge < -0.3 is 4.74 Å². The third-order valence-corrected chi connectivity index (χ3v) is 3.96. The number of carbonyl (C=O) groups is 1. The summed E-state index contributed by atoms with van der Waals surface area (Å²) in [7, 11) is -1.94. The summed E-state index contributed by atoms with van der Waals surface area (Å²) in [5.41, 5.74) is 0. The maximum Gasteiger partial charge on any atom is 0.241 e. The van der Waals surface area contributed by atoms with E-state index in [2.05, 4.69) is 22.1 Å². The van der Waals surface area contributed by atoms with E-state index in [4.69, 9.17) is 4.74 Å². The molecule has 7 nitrogen and oxygen atoms in total. The van der Waals surface area contributed by atoms with E-state index in [1.54, 1.807) is 0 Å². The minimum absolute atomic E-state index is 0.231. The first-order chi connectivity index (χ1) is 8.46. The maximum absolute atomic E-state index is 11.5. The average molecular weight is 291 g/mol. The summed E-state index contributed by atoms with van der Waals surface area (Å²) in [6.07, 6.45) is 1.24. The molecule has 0 radical (unpaired) electrons. The number of nitrogens with one attached hydrogen (secondary N) is 1. The normalized spacial score (nSPS) is 11.2. The van der Waals surface area contributed by atoms with Crippen molar-refractivity contribution in [3.8, 4) is 0 Å². The van der Waals surface area contributed by atoms with E-state index in [9.17, 15) is 13.2 Å². The maximum atomic E-state index is 11.5. The van der Waals surface area contributed by atoms with Crippen molar-refractivity contribution in [1.82, 2.24) is 10.2 Å². The Bertz CT molecular complexity index is 524. The summed E-state index contributed by atoms with van der Waals surface area (Å²) in [5, 5.41) is 10.7. The lowest BCUT2D eigenvalue weighted by Gasteiger charge is -2.00. The number of aromatic nitrogens is 2. The molecule has 0 unspecified atom stereocenters. The molecule has 0 bridgehead atoms. The number of methoxy groups -OCH3 is 1. The molecular formula is C9H13N3O4S2. The molecule has 0 aliphatic heterocycles. The number of carbonyl (C=O) groups excluding carboxylic acids is 1. The summed E-state index contributed by atoms with van der Waals surface area (Å²) in [6.45, 7) is 3.61. The van der Waals surface area contributed by atoms with Crippen LogP contribution in [0.2, 0.25) is 0 Å². The third-order valence-electron chi connectivity index (χ3n) is 1.70. The molecule has 0 aliphatic carbocycles. The van der Waals surface area contributed by atoms with Gasteiger partial charge in [-0.2, -0.15) is 0 Å². The van der Waals surface area contributed by atoms with Crippen LogP contribution >= 0.6 is 11.3 Å². The van der Waals surface area contributed by atoms with Gasteiger partial charge in [-0.3, -0.25) is 10.1 Å². The van der Waals surface area contributed by atoms with Crippen molar-refractivity contribution in [2.45, 2.75) is 6.61 Å². The summed E-state index contributed by atoms with van der Waals surface area (Å²) >= 11 is 1.13. The van der Waals surface area contributed by atoms with Crippen LogP contribution < -0.4 is 5.32 Å². The molecule has 100 valence electrons. The zero-order valence-corrected chi connectivity index (χ0v) is 11.4. The molecule has 1 rings (SSSR count). The first kappa shape index (κ1) is 14.7. The number of rotatable bonds is 7. The molecule has 0 spiro atoms. The molecular weight excluding hydrogens is 278 g/mol. The van der Waals surface area contributed by atoms with Crippen LogP contribution in [-0.4, -0.2) is 43.1 Å². The van der Waals surface area contributed by atoms with E-state index in [-0.39, 0.29) is 10.9 Å². The van der Waals surface area contributed by atoms with Crippen LogP contribution in [0.3, 0.4) is 0 Å². The Morgan fingerprint density at radius 2 is 2.28 bits per heavy atom. The van der Waals surface area contributed by atoms with Crippen molar-refractivity contribution in [2.24, 2.45) is 0 Å². The summed E-state index contributed by atoms with van der Waals surface area (Å²) in [4.78, 5) is 11.5. The fourth-order valence-electron chi connectivity index (χ4n) is 1.08. The van der Waals surface area contributed by atoms with Crippen LogP contribution in [0.4, 0.5) is 5.13 Å². The highest BCUT2D eigenvalue weighted by Gasteiger charge is 2.16. The molecule has 18 heavy (non-hydrogen) atoms. The molecule has 1 aromatic rings. The fraction of sp³-hybridized carbons (Fsp3) is 0.444. The quantitative estimate of drug-likeness (QED) is 0.722. The SMILES string of the molecule is C=CCS(=O)(=O)CC(=O)Nc1nnc(COC)s1. The number of ether oxygens (including phenoxy) is 1. The third kappa shape index (κ3) is 4.90. The van der Waals surface area contributed by atoms with Gasteiger partial charge in [-0.15, -0.1) is 16.8 Å². The topological polar surface area (TPSA) is 98.2 Å². The highest BCUT2D eigenvalue weighted by Crippen LogP contribution is 2.15. The second-order valence-corrected chi connectivity index (χ2v) is 6.50. The molecule has 1 aromatic heterocycles. The van der Waals surface area contributed by atoms with Gasteiger partial charge in [-0.05, 0) is 0 Å². The van der Waals surface area contributed by atoms with Crippen molar-refractivity contribution in [3.63, 3.8) is 0 Å². The van der Waals surface area contributed by atoms with E-state index in [0.717, 1.165) is 11.3 Å². The Labute approximate surface area is 109 Å². The van der Waals surface area contributed by atoms with E-state index < -0.39 is 21.5 Å². The Morgan fingerprint density at radius 3 is 2.89 bits per heavy atom. The second-order valence-electron chi connectivity index (χ2n) is 3.33. The minimum atomic E-state index is -3.45. The number of nitrogens with zero attached hydrogens (tertiary/aromatic N) is 2. The van der Waals surface area contributed by atoms with Gasteiger partial charge in [0.25, 0.3) is 0 Å². The lowest BCUT2D eigenvalue weighted by atomic mass is 10.7. The fourth-order valence-corrected chi connectivity index (χ4v) is 2.76. The summed E-state index contributed by atoms with van der Waals surface area (Å²) in [5.74, 6) is -1.47. The summed E-state index contributed by atoms with van der Waals surface area (Å²) < 4.78 is 27.6. The number of amides is 1. The van der Waals surface area contributed by atoms with E-state index in [0.29, 0.717) is 11.6 Å². The molecule has 0 saturated carbocycles. The van der Waals surface area contributed by atoms with E-state index >= 15 is 0 Å². The molecule has 0 fully saturated rings. The van der Waals surface area contributed by atoms with Gasteiger partial charge >= 0.3 is 0 Å². The predicted octanol–water partition coefficient (Wildman–Crippen LogP) is 0.224. The number of hydrogen-bond acceptors (Lipinski definition) is 7. The minimum Gasteiger partial charge on any atom is -0.377 e. The highest BCUT2D eigenvalue weighted by atomic mass is 32.2. The highest BCUT2D eigenvalue weighted by molar-refractivity contribution is 7.92. The molecule has 1 N–H and O–H groups in total. The Balaban J connectivity index is 2.56. The summed E-state index contributed by atoms with van der Waals surface area (Å²) in [6, 6.07) is 0. The molecule has 0 saturated heterocycles. The van der Waals surface area contributed by atoms with E-state index in [1.807, 2.05) is 0 Å². The van der Waals surface area contributed by atoms with Crippen molar-refractivity contribution < 1.29 is 17.9 Å². The van der Waals surface area contributed by atoms with Crippen molar-refractivity contribution in [3.05, 3.63) is 17.7 Å². The second kappa shape index (κ2) is 6.57. The smallest absolute Gasteiger partial charge is 0.241 e. The van der Waals surface area contributed by atoms with Crippen LogP contribution in [0.1, 0.15) is 5.01 Å². The number of sulfone groups is 1. The number of anilines is 1. The number of hydrogen-bond donors (Lipinski definition) is 1. The van der Waals surface area contributed by atoms with Crippen molar-refractivity contribution >= 4 is 32.2 Å². The first-order valence-corrected chi connectivity index (χ1v) is 7.53. The standard InChI is InChI=1S/C9H13N3O4S2/c1-3-4-18(14,15)6-7(13)10-9-12-11-8(17-9)5-16-2/h3H,1,4-6H2,2H3,(H,10,12,13). The zero-order chi connectivity index (χ0) is 13.6. The van der Waals surface area contributed by atoms with Crippen LogP contribution in [-0.2, 0) is 26.0 Å². The van der Waals surface area contributed by atoms with Crippen LogP contribution in [0.25, 0.3) is 0 Å². The lowest BCUT2D eigenvalue weighted by Crippen LogP contribution is -2.24. The van der Waals surface area contributed by atoms with Gasteiger partial charge in [0.05, 0.1) is 5.75 Å². The van der Waals surface area contributed by atoms with Gasteiger partial charge in [0, 0.05) is 7.11 Å². The van der Waals surface area contributed by atoms with Gasteiger partial charge in [0.15, 0.2) is 9.84 Å². The molecule has 1 heterocycles.